The summed E-state index contributed by atoms with van der Waals surface area (Å²) in [5.41, 5.74) is 7.88. The van der Waals surface area contributed by atoms with Gasteiger partial charge in [-0.15, -0.1) is 0 Å². The second kappa shape index (κ2) is 6.42. The van der Waals surface area contributed by atoms with E-state index in [1.807, 2.05) is 18.2 Å². The molecule has 116 valence electrons. The molecule has 23 heavy (non-hydrogen) atoms. The summed E-state index contributed by atoms with van der Waals surface area (Å²) in [5, 5.41) is 0. The number of aryl methyl sites for hydroxylation is 4. The van der Waals surface area contributed by atoms with Gasteiger partial charge in [-0.2, -0.15) is 0 Å². The highest BCUT2D eigenvalue weighted by Gasteiger charge is 2.20. The standard InChI is InChI=1S/C23H24/c1-16-10-12-21(18(3)14-16)23(20-8-6-5-7-9-20)22-13-11-17(2)15-19(22)4/h5-15,23H,1-4H3/i23D. The lowest BCUT2D eigenvalue weighted by Crippen LogP contribution is -2.07. The maximum atomic E-state index is 9.57. The Balaban J connectivity index is 2.33. The Kier molecular flexibility index (Phi) is 3.98. The van der Waals surface area contributed by atoms with Crippen LogP contribution >= 0.6 is 0 Å². The molecule has 0 nitrogen and oxygen atoms in total. The maximum absolute atomic E-state index is 9.57. The summed E-state index contributed by atoms with van der Waals surface area (Å²) in [6.07, 6.45) is 0. The molecule has 0 heteroatoms. The smallest absolute Gasteiger partial charge is 0.0453 e. The molecule has 0 atom stereocenters. The molecule has 0 heterocycles. The summed E-state index contributed by atoms with van der Waals surface area (Å²) >= 11 is 0. The van der Waals surface area contributed by atoms with E-state index >= 15 is 0 Å². The van der Waals surface area contributed by atoms with Crippen molar-refractivity contribution in [3.8, 4) is 0 Å². The molecule has 0 unspecified atom stereocenters. The predicted molar refractivity (Wildman–Crippen MR) is 99.2 cm³/mol. The first-order chi connectivity index (χ1) is 11.4. The fraction of sp³-hybridized carbons (Fsp3) is 0.217. The zero-order valence-electron chi connectivity index (χ0n) is 15.4. The lowest BCUT2D eigenvalue weighted by Gasteiger charge is -2.23. The molecule has 3 rings (SSSR count). The summed E-state index contributed by atoms with van der Waals surface area (Å²) < 4.78 is 9.57. The molecule has 0 bridgehead atoms. The van der Waals surface area contributed by atoms with Crippen LogP contribution in [0.1, 0.15) is 46.2 Å². The minimum Gasteiger partial charge on any atom is -0.0622 e. The van der Waals surface area contributed by atoms with Crippen molar-refractivity contribution in [1.29, 1.82) is 0 Å². The zero-order valence-corrected chi connectivity index (χ0v) is 14.4. The van der Waals surface area contributed by atoms with Crippen molar-refractivity contribution in [1.82, 2.24) is 0 Å². The normalized spacial score (nSPS) is 12.1. The molecule has 3 aromatic carbocycles. The third-order valence-corrected chi connectivity index (χ3v) is 4.36. The molecule has 0 N–H and O–H groups in total. The van der Waals surface area contributed by atoms with Crippen LogP contribution in [0.15, 0.2) is 66.7 Å². The SMILES string of the molecule is [2H]C(c1ccccc1)(c1ccc(C)cc1C)c1ccc(C)cc1C. The van der Waals surface area contributed by atoms with Gasteiger partial charge in [0, 0.05) is 7.26 Å². The molecule has 0 saturated heterocycles. The number of hydrogen-bond acceptors (Lipinski definition) is 0. The van der Waals surface area contributed by atoms with Gasteiger partial charge in [-0.25, -0.2) is 0 Å². The molecule has 0 amide bonds. The Hall–Kier alpha value is -2.34. The summed E-state index contributed by atoms with van der Waals surface area (Å²) in [7, 11) is 0. The van der Waals surface area contributed by atoms with Gasteiger partial charge in [0.25, 0.3) is 0 Å². The van der Waals surface area contributed by atoms with Crippen LogP contribution in [0, 0.1) is 27.7 Å². The third kappa shape index (κ3) is 3.22. The number of hydrogen-bond donors (Lipinski definition) is 0. The van der Waals surface area contributed by atoms with E-state index < -0.39 is 5.89 Å². The van der Waals surface area contributed by atoms with E-state index in [2.05, 4.69) is 76.2 Å². The predicted octanol–water partition coefficient (Wildman–Crippen LogP) is 6.10. The summed E-state index contributed by atoms with van der Waals surface area (Å²) in [4.78, 5) is 0. The fourth-order valence-corrected chi connectivity index (χ4v) is 3.25. The van der Waals surface area contributed by atoms with Crippen LogP contribution in [0.5, 0.6) is 0 Å². The zero-order chi connectivity index (χ0) is 17.3. The maximum Gasteiger partial charge on any atom is 0.0453 e. The van der Waals surface area contributed by atoms with Gasteiger partial charge in [-0.05, 0) is 55.5 Å². The van der Waals surface area contributed by atoms with Crippen molar-refractivity contribution in [2.75, 3.05) is 0 Å². The van der Waals surface area contributed by atoms with Gasteiger partial charge in [0.2, 0.25) is 0 Å². The van der Waals surface area contributed by atoms with Crippen molar-refractivity contribution in [2.45, 2.75) is 33.6 Å². The monoisotopic (exact) mass is 301 g/mol. The van der Waals surface area contributed by atoms with Crippen molar-refractivity contribution >= 4 is 0 Å². The molecule has 0 spiro atoms. The Morgan fingerprint density at radius 2 is 1.13 bits per heavy atom. The number of benzene rings is 3. The van der Waals surface area contributed by atoms with Gasteiger partial charge >= 0.3 is 0 Å². The van der Waals surface area contributed by atoms with E-state index in [1.54, 1.807) is 0 Å². The highest BCUT2D eigenvalue weighted by atomic mass is 14.2. The van der Waals surface area contributed by atoms with Crippen LogP contribution in [0.2, 0.25) is 0 Å². The van der Waals surface area contributed by atoms with Gasteiger partial charge < -0.3 is 0 Å². The van der Waals surface area contributed by atoms with Crippen molar-refractivity contribution in [3.05, 3.63) is 106 Å². The Labute approximate surface area is 141 Å². The molecule has 0 aliphatic heterocycles. The molecule has 0 aliphatic carbocycles. The Morgan fingerprint density at radius 3 is 1.57 bits per heavy atom. The largest absolute Gasteiger partial charge is 0.0622 e. The summed E-state index contributed by atoms with van der Waals surface area (Å²) in [5.74, 6) is -0.906. The van der Waals surface area contributed by atoms with Crippen molar-refractivity contribution in [2.24, 2.45) is 0 Å². The fourth-order valence-electron chi connectivity index (χ4n) is 3.25. The first kappa shape index (κ1) is 14.3. The van der Waals surface area contributed by atoms with E-state index in [4.69, 9.17) is 0 Å². The first-order valence-corrected chi connectivity index (χ1v) is 8.14. The van der Waals surface area contributed by atoms with E-state index in [-0.39, 0.29) is 0 Å². The van der Waals surface area contributed by atoms with E-state index in [9.17, 15) is 1.37 Å². The molecule has 0 saturated carbocycles. The minimum absolute atomic E-state index is 0.906. The van der Waals surface area contributed by atoms with E-state index in [0.29, 0.717) is 0 Å². The molecule has 0 aromatic heterocycles. The Morgan fingerprint density at radius 1 is 0.652 bits per heavy atom. The topological polar surface area (TPSA) is 0 Å². The summed E-state index contributed by atoms with van der Waals surface area (Å²) in [6.45, 7) is 8.42. The van der Waals surface area contributed by atoms with Crippen LogP contribution in [-0.2, 0) is 0 Å². The van der Waals surface area contributed by atoms with Crippen LogP contribution in [0.4, 0.5) is 0 Å². The molecule has 0 fully saturated rings. The lowest BCUT2D eigenvalue weighted by molar-refractivity contribution is 0.946. The molecular formula is C23H24. The highest BCUT2D eigenvalue weighted by molar-refractivity contribution is 5.49. The van der Waals surface area contributed by atoms with Crippen molar-refractivity contribution in [3.63, 3.8) is 0 Å². The van der Waals surface area contributed by atoms with Crippen LogP contribution in [0.3, 0.4) is 0 Å². The molecule has 3 aromatic rings. The number of rotatable bonds is 3. The average molecular weight is 301 g/mol. The van der Waals surface area contributed by atoms with Gasteiger partial charge in [-0.1, -0.05) is 77.9 Å². The van der Waals surface area contributed by atoms with Gasteiger partial charge in [0.05, 0.1) is 0 Å². The minimum atomic E-state index is -0.906. The molecular weight excluding hydrogens is 276 g/mol. The molecule has 0 aliphatic rings. The van der Waals surface area contributed by atoms with Crippen molar-refractivity contribution < 1.29 is 1.37 Å². The van der Waals surface area contributed by atoms with Gasteiger partial charge in [0.1, 0.15) is 0 Å². The van der Waals surface area contributed by atoms with Crippen LogP contribution in [0.25, 0.3) is 0 Å². The van der Waals surface area contributed by atoms with Crippen LogP contribution in [-0.4, -0.2) is 0 Å². The van der Waals surface area contributed by atoms with Gasteiger partial charge in [0.15, 0.2) is 0 Å². The quantitative estimate of drug-likeness (QED) is 0.513. The Bertz CT molecular complexity index is 811. The summed E-state index contributed by atoms with van der Waals surface area (Å²) in [6, 6.07) is 23.0. The second-order valence-electron chi connectivity index (χ2n) is 6.38. The first-order valence-electron chi connectivity index (χ1n) is 8.64. The van der Waals surface area contributed by atoms with Gasteiger partial charge in [-0.3, -0.25) is 0 Å². The lowest BCUT2D eigenvalue weighted by atomic mass is 9.81. The average Bonchev–Trinajstić information content (AvgIpc) is 2.55. The third-order valence-electron chi connectivity index (χ3n) is 4.36. The van der Waals surface area contributed by atoms with E-state index in [1.165, 1.54) is 11.1 Å². The highest BCUT2D eigenvalue weighted by Crippen LogP contribution is 2.35. The van der Waals surface area contributed by atoms with Crippen LogP contribution < -0.4 is 0 Å². The molecule has 0 radical (unpaired) electrons. The second-order valence-corrected chi connectivity index (χ2v) is 6.38. The van der Waals surface area contributed by atoms with E-state index in [0.717, 1.165) is 27.8 Å².